The Labute approximate surface area is 116 Å². The molecule has 1 aliphatic rings. The predicted molar refractivity (Wildman–Crippen MR) is 81.2 cm³/mol. The van der Waals surface area contributed by atoms with Crippen LogP contribution in [0, 0.1) is 18.8 Å². The first-order valence-corrected chi connectivity index (χ1v) is 8.41. The van der Waals surface area contributed by atoms with Crippen molar-refractivity contribution in [3.05, 3.63) is 21.9 Å². The third-order valence-corrected chi connectivity index (χ3v) is 5.23. The smallest absolute Gasteiger partial charge is 0.0357 e. The van der Waals surface area contributed by atoms with E-state index in [1.54, 1.807) is 0 Å². The van der Waals surface area contributed by atoms with E-state index in [0.29, 0.717) is 6.04 Å². The monoisotopic (exact) mass is 265 g/mol. The first-order valence-electron chi connectivity index (χ1n) is 7.53. The van der Waals surface area contributed by atoms with Gasteiger partial charge in [-0.3, -0.25) is 0 Å². The molecule has 0 spiro atoms. The predicted octanol–water partition coefficient (Wildman–Crippen LogP) is 4.92. The molecule has 1 aliphatic carbocycles. The van der Waals surface area contributed by atoms with E-state index in [9.17, 15) is 0 Å². The summed E-state index contributed by atoms with van der Waals surface area (Å²) >= 11 is 1.89. The Kier molecular flexibility index (Phi) is 5.25. The zero-order chi connectivity index (χ0) is 13.0. The van der Waals surface area contributed by atoms with Gasteiger partial charge in [0.05, 0.1) is 0 Å². The van der Waals surface area contributed by atoms with Crippen molar-refractivity contribution in [3.63, 3.8) is 0 Å². The van der Waals surface area contributed by atoms with Gasteiger partial charge in [-0.15, -0.1) is 11.3 Å². The van der Waals surface area contributed by atoms with Crippen LogP contribution in [0.15, 0.2) is 11.4 Å². The van der Waals surface area contributed by atoms with E-state index in [4.69, 9.17) is 0 Å². The summed E-state index contributed by atoms with van der Waals surface area (Å²) < 4.78 is 0. The van der Waals surface area contributed by atoms with Crippen LogP contribution in [0.4, 0.5) is 0 Å². The standard InChI is InChI=1S/C16H27NS/c1-4-8-17-16(15-9-12(3)18-11-15)14-7-6-13(5-2)10-14/h9,11,13-14,16-17H,4-8,10H2,1-3H3. The quantitative estimate of drug-likeness (QED) is 0.769. The van der Waals surface area contributed by atoms with E-state index in [2.05, 4.69) is 37.5 Å². The van der Waals surface area contributed by atoms with E-state index in [0.717, 1.165) is 18.4 Å². The highest BCUT2D eigenvalue weighted by Crippen LogP contribution is 2.41. The van der Waals surface area contributed by atoms with Gasteiger partial charge in [0.1, 0.15) is 0 Å². The molecule has 2 heteroatoms. The van der Waals surface area contributed by atoms with Gasteiger partial charge in [0.25, 0.3) is 0 Å². The van der Waals surface area contributed by atoms with Gasteiger partial charge in [-0.2, -0.15) is 0 Å². The van der Waals surface area contributed by atoms with Crippen molar-refractivity contribution in [3.8, 4) is 0 Å². The molecular formula is C16H27NS. The SMILES string of the molecule is CCCNC(c1csc(C)c1)C1CCC(CC)C1. The molecular weight excluding hydrogens is 238 g/mol. The first kappa shape index (κ1) is 14.1. The van der Waals surface area contributed by atoms with Crippen molar-refractivity contribution in [2.75, 3.05) is 6.54 Å². The molecule has 2 rings (SSSR count). The number of rotatable bonds is 6. The average Bonchev–Trinajstić information content (AvgIpc) is 2.99. The second kappa shape index (κ2) is 6.72. The Hall–Kier alpha value is -0.340. The molecule has 0 amide bonds. The van der Waals surface area contributed by atoms with Crippen molar-refractivity contribution in [1.82, 2.24) is 5.32 Å². The van der Waals surface area contributed by atoms with Crippen molar-refractivity contribution < 1.29 is 0 Å². The minimum Gasteiger partial charge on any atom is -0.310 e. The van der Waals surface area contributed by atoms with E-state index in [-0.39, 0.29) is 0 Å². The van der Waals surface area contributed by atoms with Crippen LogP contribution in [0.2, 0.25) is 0 Å². The van der Waals surface area contributed by atoms with Gasteiger partial charge in [0, 0.05) is 10.9 Å². The van der Waals surface area contributed by atoms with Gasteiger partial charge >= 0.3 is 0 Å². The van der Waals surface area contributed by atoms with E-state index >= 15 is 0 Å². The average molecular weight is 265 g/mol. The van der Waals surface area contributed by atoms with Crippen LogP contribution in [0.5, 0.6) is 0 Å². The van der Waals surface area contributed by atoms with E-state index < -0.39 is 0 Å². The molecule has 102 valence electrons. The summed E-state index contributed by atoms with van der Waals surface area (Å²) in [4.78, 5) is 1.44. The first-order chi connectivity index (χ1) is 8.74. The van der Waals surface area contributed by atoms with Crippen molar-refractivity contribution >= 4 is 11.3 Å². The highest BCUT2D eigenvalue weighted by Gasteiger charge is 2.30. The third kappa shape index (κ3) is 3.36. The number of hydrogen-bond donors (Lipinski definition) is 1. The molecule has 3 atom stereocenters. The second-order valence-electron chi connectivity index (χ2n) is 5.77. The van der Waals surface area contributed by atoms with Gasteiger partial charge in [-0.25, -0.2) is 0 Å². The maximum absolute atomic E-state index is 3.79. The molecule has 0 radical (unpaired) electrons. The Balaban J connectivity index is 2.05. The van der Waals surface area contributed by atoms with Crippen LogP contribution in [0.25, 0.3) is 0 Å². The molecule has 0 saturated heterocycles. The molecule has 18 heavy (non-hydrogen) atoms. The summed E-state index contributed by atoms with van der Waals surface area (Å²) in [5.74, 6) is 1.83. The van der Waals surface area contributed by atoms with Gasteiger partial charge in [-0.05, 0) is 61.6 Å². The summed E-state index contributed by atoms with van der Waals surface area (Å²) in [6.07, 6.45) is 6.86. The second-order valence-corrected chi connectivity index (χ2v) is 6.89. The Morgan fingerprint density at radius 1 is 1.39 bits per heavy atom. The molecule has 1 aromatic heterocycles. The lowest BCUT2D eigenvalue weighted by atomic mass is 9.91. The lowest BCUT2D eigenvalue weighted by molar-refractivity contribution is 0.354. The normalized spacial score (nSPS) is 25.5. The van der Waals surface area contributed by atoms with Crippen LogP contribution in [-0.2, 0) is 0 Å². The van der Waals surface area contributed by atoms with Gasteiger partial charge < -0.3 is 5.32 Å². The molecule has 1 saturated carbocycles. The van der Waals surface area contributed by atoms with Crippen LogP contribution < -0.4 is 5.32 Å². The maximum Gasteiger partial charge on any atom is 0.0357 e. The zero-order valence-electron chi connectivity index (χ0n) is 12.0. The summed E-state index contributed by atoms with van der Waals surface area (Å²) in [5.41, 5.74) is 1.53. The van der Waals surface area contributed by atoms with E-state index in [1.807, 2.05) is 11.3 Å². The zero-order valence-corrected chi connectivity index (χ0v) is 12.9. The summed E-state index contributed by atoms with van der Waals surface area (Å²) in [7, 11) is 0. The highest BCUT2D eigenvalue weighted by molar-refractivity contribution is 7.10. The summed E-state index contributed by atoms with van der Waals surface area (Å²) in [6.45, 7) is 7.96. The largest absolute Gasteiger partial charge is 0.310 e. The van der Waals surface area contributed by atoms with Crippen molar-refractivity contribution in [2.45, 2.75) is 58.9 Å². The Morgan fingerprint density at radius 2 is 2.22 bits per heavy atom. The third-order valence-electron chi connectivity index (χ3n) is 4.35. The molecule has 1 aromatic rings. The number of nitrogens with one attached hydrogen (secondary N) is 1. The molecule has 0 aliphatic heterocycles. The van der Waals surface area contributed by atoms with Gasteiger partial charge in [0.2, 0.25) is 0 Å². The molecule has 0 bridgehead atoms. The van der Waals surface area contributed by atoms with Crippen molar-refractivity contribution in [2.24, 2.45) is 11.8 Å². The van der Waals surface area contributed by atoms with Crippen LogP contribution in [0.3, 0.4) is 0 Å². The van der Waals surface area contributed by atoms with Crippen LogP contribution in [0.1, 0.15) is 62.4 Å². The molecule has 1 nitrogen and oxygen atoms in total. The minimum atomic E-state index is 0.603. The summed E-state index contributed by atoms with van der Waals surface area (Å²) in [5, 5.41) is 6.16. The fourth-order valence-electron chi connectivity index (χ4n) is 3.27. The number of thiophene rings is 1. The summed E-state index contributed by atoms with van der Waals surface area (Å²) in [6, 6.07) is 2.99. The van der Waals surface area contributed by atoms with Gasteiger partial charge in [-0.1, -0.05) is 26.7 Å². The maximum atomic E-state index is 3.79. The lowest BCUT2D eigenvalue weighted by Gasteiger charge is -2.24. The molecule has 1 N–H and O–H groups in total. The highest BCUT2D eigenvalue weighted by atomic mass is 32.1. The van der Waals surface area contributed by atoms with Gasteiger partial charge in [0.15, 0.2) is 0 Å². The van der Waals surface area contributed by atoms with Crippen LogP contribution in [-0.4, -0.2) is 6.54 Å². The topological polar surface area (TPSA) is 12.0 Å². The molecule has 0 aromatic carbocycles. The fourth-order valence-corrected chi connectivity index (χ4v) is 4.01. The fraction of sp³-hybridized carbons (Fsp3) is 0.750. The minimum absolute atomic E-state index is 0.603. The number of aryl methyl sites for hydroxylation is 1. The lowest BCUT2D eigenvalue weighted by Crippen LogP contribution is -2.27. The van der Waals surface area contributed by atoms with Crippen LogP contribution >= 0.6 is 11.3 Å². The number of hydrogen-bond acceptors (Lipinski definition) is 2. The van der Waals surface area contributed by atoms with E-state index in [1.165, 1.54) is 42.5 Å². The Bertz CT molecular complexity index is 358. The molecule has 3 unspecified atom stereocenters. The molecule has 1 heterocycles. The molecule has 1 fully saturated rings. The van der Waals surface area contributed by atoms with Crippen molar-refractivity contribution in [1.29, 1.82) is 0 Å². The Morgan fingerprint density at radius 3 is 2.78 bits per heavy atom.